The van der Waals surface area contributed by atoms with Crippen molar-refractivity contribution in [3.63, 3.8) is 0 Å². The van der Waals surface area contributed by atoms with Gasteiger partial charge in [-0.2, -0.15) is 0 Å². The molecule has 4 N–H and O–H groups in total. The topological polar surface area (TPSA) is 131 Å². The molecule has 10 heteroatoms. The van der Waals surface area contributed by atoms with Crippen LogP contribution in [0.3, 0.4) is 0 Å². The van der Waals surface area contributed by atoms with E-state index >= 15 is 0 Å². The van der Waals surface area contributed by atoms with Gasteiger partial charge in [0, 0.05) is 11.9 Å². The highest BCUT2D eigenvalue weighted by Gasteiger charge is 2.15. The molecule has 0 unspecified atom stereocenters. The van der Waals surface area contributed by atoms with Crippen molar-refractivity contribution in [1.82, 2.24) is 4.57 Å². The molecule has 1 aromatic heterocycles. The summed E-state index contributed by atoms with van der Waals surface area (Å²) in [5.74, 6) is 0.580. The van der Waals surface area contributed by atoms with Gasteiger partial charge in [-0.25, -0.2) is 22.0 Å². The second-order valence-electron chi connectivity index (χ2n) is 6.56. The normalized spacial score (nSPS) is 11.3. The van der Waals surface area contributed by atoms with E-state index in [2.05, 4.69) is 4.72 Å². The number of hydrogen-bond acceptors (Lipinski definition) is 5. The molecule has 4 aromatic rings. The maximum Gasteiger partial charge on any atom is 0.263 e. The molecule has 8 nitrogen and oxygen atoms in total. The minimum absolute atomic E-state index is 0.148. The molecule has 0 radical (unpaired) electrons. The van der Waals surface area contributed by atoms with Gasteiger partial charge in [0.15, 0.2) is 0 Å². The first-order chi connectivity index (χ1) is 15.2. The standard InChI is InChI=1S/C16H14N2O3S.C6H7NO2S/c19-14-10-8-13(9-11-14)18-12-4-7-16(18)17-22(20,21)15-5-2-1-3-6-15;7-10(8,9)6-4-2-1-3-5-6/h1-12,17,19H;1-5H,(H2,7,8,9). The first-order valence-corrected chi connectivity index (χ1v) is 12.3. The highest BCUT2D eigenvalue weighted by Crippen LogP contribution is 2.22. The molecule has 0 bridgehead atoms. The first kappa shape index (κ1) is 23.1. The first-order valence-electron chi connectivity index (χ1n) is 9.29. The van der Waals surface area contributed by atoms with Crippen LogP contribution in [0.4, 0.5) is 5.82 Å². The number of anilines is 1. The van der Waals surface area contributed by atoms with Gasteiger partial charge in [0.05, 0.1) is 9.79 Å². The van der Waals surface area contributed by atoms with Gasteiger partial charge in [-0.05, 0) is 60.7 Å². The number of benzene rings is 3. The van der Waals surface area contributed by atoms with E-state index in [-0.39, 0.29) is 15.5 Å². The summed E-state index contributed by atoms with van der Waals surface area (Å²) >= 11 is 0. The molecular formula is C22H21N3O5S2. The lowest BCUT2D eigenvalue weighted by Crippen LogP contribution is -2.15. The van der Waals surface area contributed by atoms with Gasteiger partial charge in [-0.15, -0.1) is 0 Å². The number of primary sulfonamides is 1. The molecule has 1 heterocycles. The van der Waals surface area contributed by atoms with Crippen LogP contribution < -0.4 is 9.86 Å². The fraction of sp³-hybridized carbons (Fsp3) is 0. The Bertz CT molecular complexity index is 1370. The summed E-state index contributed by atoms with van der Waals surface area (Å²) in [6, 6.07) is 26.0. The number of aromatic nitrogens is 1. The van der Waals surface area contributed by atoms with E-state index in [1.54, 1.807) is 83.6 Å². The zero-order valence-corrected chi connectivity index (χ0v) is 18.4. The lowest BCUT2D eigenvalue weighted by molar-refractivity contribution is 0.475. The Balaban J connectivity index is 0.000000243. The Kier molecular flexibility index (Phi) is 6.98. The van der Waals surface area contributed by atoms with Crippen LogP contribution in [0.5, 0.6) is 5.75 Å². The summed E-state index contributed by atoms with van der Waals surface area (Å²) in [6.45, 7) is 0. The third-order valence-corrected chi connectivity index (χ3v) is 6.54. The quantitative estimate of drug-likeness (QED) is 0.411. The van der Waals surface area contributed by atoms with E-state index in [0.29, 0.717) is 5.82 Å². The number of hydrogen-bond donors (Lipinski definition) is 3. The van der Waals surface area contributed by atoms with Crippen molar-refractivity contribution >= 4 is 25.9 Å². The number of nitrogens with two attached hydrogens (primary N) is 1. The van der Waals surface area contributed by atoms with E-state index < -0.39 is 20.0 Å². The Labute approximate surface area is 186 Å². The van der Waals surface area contributed by atoms with Crippen LogP contribution in [-0.2, 0) is 20.0 Å². The molecule has 4 rings (SSSR count). The van der Waals surface area contributed by atoms with Crippen LogP contribution in [0.15, 0.2) is 113 Å². The van der Waals surface area contributed by atoms with E-state index in [1.165, 1.54) is 24.3 Å². The molecule has 166 valence electrons. The predicted molar refractivity (Wildman–Crippen MR) is 122 cm³/mol. The summed E-state index contributed by atoms with van der Waals surface area (Å²) in [5, 5.41) is 14.2. The minimum atomic E-state index is -3.64. The van der Waals surface area contributed by atoms with Crippen LogP contribution in [0.2, 0.25) is 0 Å². The summed E-state index contributed by atoms with van der Waals surface area (Å²) in [4.78, 5) is 0.350. The van der Waals surface area contributed by atoms with E-state index in [1.807, 2.05) is 0 Å². The van der Waals surface area contributed by atoms with Crippen molar-refractivity contribution in [2.24, 2.45) is 5.14 Å². The molecule has 0 spiro atoms. The Morgan fingerprint density at radius 1 is 0.688 bits per heavy atom. The van der Waals surface area contributed by atoms with Crippen LogP contribution in [0.1, 0.15) is 0 Å². The summed E-state index contributed by atoms with van der Waals surface area (Å²) in [7, 11) is -7.14. The zero-order valence-electron chi connectivity index (χ0n) is 16.7. The average molecular weight is 472 g/mol. The molecule has 0 amide bonds. The summed E-state index contributed by atoms with van der Waals surface area (Å²) in [5.41, 5.74) is 0.744. The molecule has 0 fully saturated rings. The van der Waals surface area contributed by atoms with Crippen LogP contribution >= 0.6 is 0 Å². The second kappa shape index (κ2) is 9.69. The number of sulfonamides is 2. The third-order valence-electron chi connectivity index (χ3n) is 4.24. The number of phenolic OH excluding ortho intramolecular Hbond substituents is 1. The van der Waals surface area contributed by atoms with Crippen molar-refractivity contribution < 1.29 is 21.9 Å². The van der Waals surface area contributed by atoms with E-state index in [9.17, 15) is 21.9 Å². The van der Waals surface area contributed by atoms with Gasteiger partial charge >= 0.3 is 0 Å². The molecular weight excluding hydrogens is 450 g/mol. The number of aromatic hydroxyl groups is 1. The van der Waals surface area contributed by atoms with Crippen molar-refractivity contribution in [2.45, 2.75) is 9.79 Å². The molecule has 0 atom stereocenters. The third kappa shape index (κ3) is 5.97. The highest BCUT2D eigenvalue weighted by atomic mass is 32.2. The van der Waals surface area contributed by atoms with Gasteiger partial charge in [0.2, 0.25) is 10.0 Å². The maximum absolute atomic E-state index is 12.4. The van der Waals surface area contributed by atoms with Crippen molar-refractivity contribution in [1.29, 1.82) is 0 Å². The molecule has 3 aromatic carbocycles. The number of nitrogens with zero attached hydrogens (tertiary/aromatic N) is 1. The predicted octanol–water partition coefficient (Wildman–Crippen LogP) is 3.32. The summed E-state index contributed by atoms with van der Waals surface area (Å²) < 4.78 is 50.2. The Morgan fingerprint density at radius 2 is 1.22 bits per heavy atom. The molecule has 0 saturated carbocycles. The molecule has 0 saturated heterocycles. The largest absolute Gasteiger partial charge is 0.508 e. The van der Waals surface area contributed by atoms with Crippen LogP contribution in [0, 0.1) is 0 Å². The van der Waals surface area contributed by atoms with Crippen molar-refractivity contribution in [2.75, 3.05) is 4.72 Å². The number of rotatable bonds is 5. The lowest BCUT2D eigenvalue weighted by atomic mass is 10.3. The smallest absolute Gasteiger partial charge is 0.263 e. The zero-order chi connectivity index (χ0) is 23.2. The SMILES string of the molecule is NS(=O)(=O)c1ccccc1.O=S(=O)(Nc1cccn1-c1ccc(O)cc1)c1ccccc1. The average Bonchev–Trinajstić information content (AvgIpc) is 3.23. The van der Waals surface area contributed by atoms with Crippen LogP contribution in [-0.4, -0.2) is 26.5 Å². The summed E-state index contributed by atoms with van der Waals surface area (Å²) in [6.07, 6.45) is 1.75. The highest BCUT2D eigenvalue weighted by molar-refractivity contribution is 7.92. The number of nitrogens with one attached hydrogen (secondary N) is 1. The second-order valence-corrected chi connectivity index (χ2v) is 9.80. The molecule has 0 aliphatic heterocycles. The fourth-order valence-electron chi connectivity index (χ4n) is 2.71. The van der Waals surface area contributed by atoms with Crippen LogP contribution in [0.25, 0.3) is 5.69 Å². The number of phenols is 1. The van der Waals surface area contributed by atoms with Gasteiger partial charge in [-0.1, -0.05) is 36.4 Å². The lowest BCUT2D eigenvalue weighted by Gasteiger charge is -2.12. The van der Waals surface area contributed by atoms with E-state index in [4.69, 9.17) is 5.14 Å². The van der Waals surface area contributed by atoms with Gasteiger partial charge in [-0.3, -0.25) is 4.72 Å². The molecule has 0 aliphatic carbocycles. The monoisotopic (exact) mass is 471 g/mol. The molecule has 0 aliphatic rings. The maximum atomic E-state index is 12.4. The minimum Gasteiger partial charge on any atom is -0.508 e. The van der Waals surface area contributed by atoms with Gasteiger partial charge < -0.3 is 9.67 Å². The van der Waals surface area contributed by atoms with Gasteiger partial charge in [0.1, 0.15) is 11.6 Å². The Morgan fingerprint density at radius 3 is 1.72 bits per heavy atom. The van der Waals surface area contributed by atoms with Gasteiger partial charge in [0.25, 0.3) is 10.0 Å². The van der Waals surface area contributed by atoms with E-state index in [0.717, 1.165) is 5.69 Å². The van der Waals surface area contributed by atoms with Crippen molar-refractivity contribution in [3.8, 4) is 11.4 Å². The van der Waals surface area contributed by atoms with Crippen molar-refractivity contribution in [3.05, 3.63) is 103 Å². The fourth-order valence-corrected chi connectivity index (χ4v) is 4.32. The Hall–Kier alpha value is -3.60. The molecule has 32 heavy (non-hydrogen) atoms.